The first-order chi connectivity index (χ1) is 64.7. The summed E-state index contributed by atoms with van der Waals surface area (Å²) < 4.78 is 81.7. The van der Waals surface area contributed by atoms with E-state index >= 15 is 0 Å². The number of carbonyl (C=O) groups is 8. The van der Waals surface area contributed by atoms with Crippen LogP contribution in [0.1, 0.15) is 166 Å². The van der Waals surface area contributed by atoms with Gasteiger partial charge in [-0.15, -0.1) is 11.3 Å². The molecule has 0 spiro atoms. The first-order valence-electron chi connectivity index (χ1n) is 45.3. The van der Waals surface area contributed by atoms with Gasteiger partial charge in [-0.25, -0.2) is 19.2 Å². The molecule has 6 aliphatic rings. The number of hydrogen-bond donors (Lipinski definition) is 0. The maximum atomic E-state index is 13.9. The van der Waals surface area contributed by atoms with Crippen molar-refractivity contribution in [1.29, 1.82) is 0 Å². The second kappa shape index (κ2) is 41.8. The molecule has 4 amide bonds. The number of piperazine rings is 4. The van der Waals surface area contributed by atoms with E-state index < -0.39 is 52.0 Å². The highest BCUT2D eigenvalue weighted by molar-refractivity contribution is 7.14. The van der Waals surface area contributed by atoms with Gasteiger partial charge in [-0.05, 0) is 133 Å². The number of para-hydroxylation sites is 4. The summed E-state index contributed by atoms with van der Waals surface area (Å²) in [5, 5.41) is 7.01. The van der Waals surface area contributed by atoms with Crippen LogP contribution >= 0.6 is 11.3 Å². The van der Waals surface area contributed by atoms with E-state index in [1.54, 1.807) is 121 Å². The standard InChI is InChI=1S/C28H33N3O5.C25H27N3O5.C23H22F3N3O4S.C22H24N4O5/c1-2-35-28(34)24-25(29-14-16-30(17-15-29)26(32)23-13-8-18-36-23)21-11-6-7-12-22(21)31(27(24)33)19-20-9-4-3-5-10-20;1-2-32-25(31)21-22(26-11-13-27(14-12-26)23(29)20-8-5-15-33-20)18-6-3-4-7-19(18)28(24(21)30)16-17-9-10-17;1-3-33-22(32)18-19(14-6-4-5-7-15(14)27(2)21(18)31)28-10-12-29(13-11-28)20(30)16-8-9-17(34-16)23(24,25)26;1-4-30-22(29)18-19(15-7-5-6-8-17(15)24(3)21(18)28)25-9-11-26(12-10-25)20(27)16-13-14(2)31-23-16/h6-8,11-13,18,20H,2-5,9-10,14-17,19H2,1H3;3-8,15,17H,2,9-14,16H2,1H3;4-9H,3,10-13H2,1-2H3;5-8,13H,4,9-12H2,1-3H3. The Kier molecular flexibility index (Phi) is 29.5. The van der Waals surface area contributed by atoms with Crippen LogP contribution in [0.25, 0.3) is 43.6 Å². The highest BCUT2D eigenvalue weighted by Gasteiger charge is 2.39. The first-order valence-corrected chi connectivity index (χ1v) is 46.1. The normalized spacial score (nSPS) is 15.5. The number of ether oxygens (including phenoxy) is 4. The molecule has 2 aliphatic carbocycles. The Balaban J connectivity index is 0.000000136. The molecule has 32 nitrogen and oxygen atoms in total. The van der Waals surface area contributed by atoms with Gasteiger partial charge in [0.25, 0.3) is 45.9 Å². The number of thiophene rings is 1. The third kappa shape index (κ3) is 20.1. The van der Waals surface area contributed by atoms with Crippen molar-refractivity contribution in [1.82, 2.24) is 43.0 Å². The van der Waals surface area contributed by atoms with Gasteiger partial charge >= 0.3 is 30.1 Å². The van der Waals surface area contributed by atoms with Crippen LogP contribution in [0.5, 0.6) is 0 Å². The molecule has 6 fully saturated rings. The molecular weight excluding hydrogens is 1750 g/mol. The van der Waals surface area contributed by atoms with Gasteiger partial charge in [0.2, 0.25) is 0 Å². The number of anilines is 4. The van der Waals surface area contributed by atoms with Crippen LogP contribution in [-0.4, -0.2) is 222 Å². The summed E-state index contributed by atoms with van der Waals surface area (Å²) in [4.78, 5) is 170. The minimum absolute atomic E-state index is 0.0204. The molecule has 12 aromatic rings. The van der Waals surface area contributed by atoms with E-state index in [9.17, 15) is 70.7 Å². The van der Waals surface area contributed by atoms with E-state index in [1.165, 1.54) is 51.9 Å². The zero-order chi connectivity index (χ0) is 94.8. The molecule has 0 radical (unpaired) electrons. The molecule has 0 unspecified atom stereocenters. The molecule has 134 heavy (non-hydrogen) atoms. The maximum Gasteiger partial charge on any atom is 0.425 e. The zero-order valence-corrected chi connectivity index (χ0v) is 76.5. The number of alkyl halides is 3. The van der Waals surface area contributed by atoms with E-state index in [0.29, 0.717) is 179 Å². The van der Waals surface area contributed by atoms with E-state index in [4.69, 9.17) is 32.3 Å². The molecule has 4 aromatic carbocycles. The SMILES string of the molecule is CCOC(=O)c1c(N2CCN(C(=O)c3cc(C)on3)CC2)c2ccccc2n(C)c1=O.CCOC(=O)c1c(N2CCN(C(=O)c3ccc(C(F)(F)F)s3)CC2)c2ccccc2n(C)c1=O.CCOC(=O)c1c(N2CCN(C(=O)c3ccco3)CC2)c2ccccc2n(CC2CC2)c1=O.CCOC(=O)c1c(N2CCN(C(=O)c3ccco3)CC2)c2ccccc2n(CC2CCCCC2)c1=O. The van der Waals surface area contributed by atoms with Crippen molar-refractivity contribution in [2.75, 3.05) is 151 Å². The molecule has 0 bridgehead atoms. The van der Waals surface area contributed by atoms with Gasteiger partial charge in [0.1, 0.15) is 32.9 Å². The molecule has 8 aromatic heterocycles. The number of nitrogens with zero attached hydrogens (tertiary/aromatic N) is 13. The monoisotopic (exact) mass is 1860 g/mol. The van der Waals surface area contributed by atoms with Crippen molar-refractivity contribution in [3.8, 4) is 0 Å². The number of hydrogen-bond acceptors (Lipinski definition) is 25. The predicted molar refractivity (Wildman–Crippen MR) is 498 cm³/mol. The van der Waals surface area contributed by atoms with Crippen LogP contribution in [0, 0.1) is 18.8 Å². The Bertz CT molecular complexity index is 6610. The Morgan fingerprint density at radius 2 is 0.724 bits per heavy atom. The highest BCUT2D eigenvalue weighted by Crippen LogP contribution is 2.40. The summed E-state index contributed by atoms with van der Waals surface area (Å²) >= 11 is 0.421. The molecule has 4 saturated heterocycles. The van der Waals surface area contributed by atoms with Gasteiger partial charge in [0.15, 0.2) is 17.2 Å². The number of aryl methyl sites for hydroxylation is 3. The Morgan fingerprint density at radius 1 is 0.396 bits per heavy atom. The summed E-state index contributed by atoms with van der Waals surface area (Å²) in [6, 6.07) is 40.6. The number of rotatable bonds is 20. The fraction of sp³-hybridized carbons (Fsp3) is 0.398. The summed E-state index contributed by atoms with van der Waals surface area (Å²) in [6.45, 7) is 17.1. The lowest BCUT2D eigenvalue weighted by molar-refractivity contribution is -0.134. The summed E-state index contributed by atoms with van der Waals surface area (Å²) in [5.41, 5.74) is 4.18. The smallest absolute Gasteiger partial charge is 0.425 e. The van der Waals surface area contributed by atoms with Gasteiger partial charge in [0.05, 0.1) is 88.6 Å². The van der Waals surface area contributed by atoms with Gasteiger partial charge in [0, 0.05) is 160 Å². The molecule has 0 atom stereocenters. The number of aromatic nitrogens is 5. The Labute approximate surface area is 772 Å². The van der Waals surface area contributed by atoms with Gasteiger partial charge in [-0.3, -0.25) is 38.4 Å². The zero-order valence-electron chi connectivity index (χ0n) is 75.7. The number of fused-ring (bicyclic) bond motifs is 4. The second-order valence-corrected chi connectivity index (χ2v) is 34.5. The second-order valence-electron chi connectivity index (χ2n) is 33.4. The molecule has 0 N–H and O–H groups in total. The van der Waals surface area contributed by atoms with Gasteiger partial charge < -0.3 is 89.8 Å². The number of pyridine rings is 4. The van der Waals surface area contributed by atoms with Crippen molar-refractivity contribution < 1.29 is 83.8 Å². The van der Waals surface area contributed by atoms with Crippen molar-refractivity contribution in [3.63, 3.8) is 0 Å². The minimum Gasteiger partial charge on any atom is -0.462 e. The number of carbonyl (C=O) groups excluding carboxylic acids is 8. The van der Waals surface area contributed by atoms with Crippen LogP contribution in [0.2, 0.25) is 0 Å². The fourth-order valence-electron chi connectivity index (χ4n) is 18.2. The van der Waals surface area contributed by atoms with Crippen LogP contribution in [0.15, 0.2) is 185 Å². The Hall–Kier alpha value is -14.1. The number of furan rings is 2. The molecule has 36 heteroatoms. The van der Waals surface area contributed by atoms with E-state index in [1.807, 2.05) is 98.5 Å². The molecular formula is C98H106F3N13O19S. The lowest BCUT2D eigenvalue weighted by atomic mass is 9.89. The van der Waals surface area contributed by atoms with Crippen molar-refractivity contribution in [3.05, 3.63) is 248 Å². The van der Waals surface area contributed by atoms with Crippen molar-refractivity contribution in [2.45, 2.75) is 98.8 Å². The number of benzene rings is 4. The van der Waals surface area contributed by atoms with E-state index in [0.717, 1.165) is 64.5 Å². The average molecular weight is 1860 g/mol. The molecule has 2 saturated carbocycles. The van der Waals surface area contributed by atoms with Crippen molar-refractivity contribution in [2.24, 2.45) is 25.9 Å². The van der Waals surface area contributed by atoms with Gasteiger partial charge in [-0.1, -0.05) is 97.2 Å². The first kappa shape index (κ1) is 94.6. The largest absolute Gasteiger partial charge is 0.462 e. The molecule has 704 valence electrons. The van der Waals surface area contributed by atoms with Gasteiger partial charge in [-0.2, -0.15) is 13.2 Å². The van der Waals surface area contributed by atoms with E-state index in [-0.39, 0.29) is 101 Å². The number of halogens is 3. The lowest BCUT2D eigenvalue weighted by Gasteiger charge is -2.37. The summed E-state index contributed by atoms with van der Waals surface area (Å²) in [7, 11) is 3.23. The number of amides is 4. The quantitative estimate of drug-likeness (QED) is 0.0505. The molecule has 12 heterocycles. The fourth-order valence-corrected chi connectivity index (χ4v) is 19.0. The molecule has 4 aliphatic heterocycles. The summed E-state index contributed by atoms with van der Waals surface area (Å²) in [5.74, 6) is -1.43. The highest BCUT2D eigenvalue weighted by atomic mass is 32.1. The summed E-state index contributed by atoms with van der Waals surface area (Å²) in [6.07, 6.45) is 6.49. The van der Waals surface area contributed by atoms with Crippen LogP contribution < -0.4 is 41.8 Å². The maximum absolute atomic E-state index is 13.9. The predicted octanol–water partition coefficient (Wildman–Crippen LogP) is 13.2. The van der Waals surface area contributed by atoms with Crippen LogP contribution in [0.3, 0.4) is 0 Å². The van der Waals surface area contributed by atoms with Crippen LogP contribution in [-0.2, 0) is 52.3 Å². The Morgan fingerprint density at radius 3 is 1.04 bits per heavy atom. The van der Waals surface area contributed by atoms with Crippen LogP contribution in [0.4, 0.5) is 35.9 Å². The third-order valence-electron chi connectivity index (χ3n) is 25.0. The topological polar surface area (TPSA) is 340 Å². The molecule has 18 rings (SSSR count). The lowest BCUT2D eigenvalue weighted by Crippen LogP contribution is -2.49. The average Bonchev–Trinajstić information content (AvgIpc) is 0.910. The minimum atomic E-state index is -4.49. The number of esters is 4. The van der Waals surface area contributed by atoms with Crippen molar-refractivity contribution >= 4 is 125 Å². The van der Waals surface area contributed by atoms with E-state index in [2.05, 4.69) is 5.16 Å². The third-order valence-corrected chi connectivity index (χ3v) is 26.1.